The summed E-state index contributed by atoms with van der Waals surface area (Å²) in [4.78, 5) is 11.4. The Labute approximate surface area is 78.0 Å². The number of rotatable bonds is 2. The van der Waals surface area contributed by atoms with Gasteiger partial charge in [0, 0.05) is 5.56 Å². The minimum Gasteiger partial charge on any atom is -0.290 e. The fourth-order valence-corrected chi connectivity index (χ4v) is 1.14. The molecule has 13 heavy (non-hydrogen) atoms. The fraction of sp³-hybridized carbons (Fsp3) is 0.0833. The van der Waals surface area contributed by atoms with Gasteiger partial charge in [-0.15, -0.1) is 0 Å². The highest BCUT2D eigenvalue weighted by molar-refractivity contribution is 5.73. The summed E-state index contributed by atoms with van der Waals surface area (Å²) in [5, 5.41) is 0. The highest BCUT2D eigenvalue weighted by atomic mass is 16.1. The Hall–Kier alpha value is -1.63. The van der Waals surface area contributed by atoms with Gasteiger partial charge in [-0.05, 0) is 24.1 Å². The average Bonchev–Trinajstić information content (AvgIpc) is 2.29. The van der Waals surface area contributed by atoms with Crippen molar-refractivity contribution in [2.45, 2.75) is 6.92 Å². The smallest absolute Gasteiger partial charge is 0.182 e. The van der Waals surface area contributed by atoms with Crippen molar-refractivity contribution < 1.29 is 0 Å². The molecule has 1 nitrogen and oxygen atoms in total. The molecule has 1 aromatic rings. The Morgan fingerprint density at radius 3 is 2.62 bits per heavy atom. The Balaban J connectivity index is 3.49. The molecule has 0 bridgehead atoms. The van der Waals surface area contributed by atoms with Gasteiger partial charge >= 0.3 is 0 Å². The van der Waals surface area contributed by atoms with E-state index in [0.717, 1.165) is 16.7 Å². The van der Waals surface area contributed by atoms with Crippen LogP contribution in [0.25, 0.3) is 5.57 Å². The molecule has 0 saturated carbocycles. The first kappa shape index (κ1) is 9.46. The molecule has 0 N–H and O–H groups in total. The lowest BCUT2D eigenvalue weighted by Crippen LogP contribution is -2.01. The minimum absolute atomic E-state index is 0.0306. The molecule has 0 saturated heterocycles. The van der Waals surface area contributed by atoms with Crippen LogP contribution >= 0.6 is 0 Å². The molecule has 0 aliphatic heterocycles. The van der Waals surface area contributed by atoms with Crippen LogP contribution in [0.5, 0.6) is 0 Å². The first-order valence-corrected chi connectivity index (χ1v) is 4.08. The molecule has 0 aliphatic rings. The van der Waals surface area contributed by atoms with Crippen LogP contribution in [0, 0.1) is 6.92 Å². The summed E-state index contributed by atoms with van der Waals surface area (Å²) in [5.41, 5.74) is 2.40. The fourth-order valence-electron chi connectivity index (χ4n) is 1.14. The van der Waals surface area contributed by atoms with Gasteiger partial charge in [0.2, 0.25) is 0 Å². The first-order valence-electron chi connectivity index (χ1n) is 4.08. The van der Waals surface area contributed by atoms with E-state index in [4.69, 9.17) is 0 Å². The molecule has 0 radical (unpaired) electrons. The zero-order valence-electron chi connectivity index (χ0n) is 7.71. The van der Waals surface area contributed by atoms with Crippen LogP contribution in [0.2, 0.25) is 0 Å². The second-order valence-corrected chi connectivity index (χ2v) is 2.85. The largest absolute Gasteiger partial charge is 0.290 e. The van der Waals surface area contributed by atoms with Gasteiger partial charge in [0.05, 0.1) is 0 Å². The van der Waals surface area contributed by atoms with Crippen LogP contribution in [-0.4, -0.2) is 0 Å². The van der Waals surface area contributed by atoms with Crippen LogP contribution in [0.15, 0.2) is 48.3 Å². The van der Waals surface area contributed by atoms with Crippen molar-refractivity contribution in [1.82, 2.24) is 0 Å². The highest BCUT2D eigenvalue weighted by Crippen LogP contribution is 2.13. The molecule has 0 spiro atoms. The van der Waals surface area contributed by atoms with Crippen molar-refractivity contribution >= 4 is 5.57 Å². The van der Waals surface area contributed by atoms with Gasteiger partial charge in [-0.1, -0.05) is 37.4 Å². The lowest BCUT2D eigenvalue weighted by Gasteiger charge is -1.99. The molecule has 0 amide bonds. The van der Waals surface area contributed by atoms with E-state index in [2.05, 4.69) is 13.2 Å². The van der Waals surface area contributed by atoms with E-state index in [0.29, 0.717) is 0 Å². The molecule has 0 atom stereocenters. The highest BCUT2D eigenvalue weighted by Gasteiger charge is 1.99. The van der Waals surface area contributed by atoms with Crippen molar-refractivity contribution in [1.29, 1.82) is 0 Å². The Bertz CT molecular complexity index is 402. The van der Waals surface area contributed by atoms with E-state index in [1.54, 1.807) is 25.1 Å². The molecule has 1 rings (SSSR count). The van der Waals surface area contributed by atoms with E-state index < -0.39 is 0 Å². The predicted octanol–water partition coefficient (Wildman–Crippen LogP) is 2.55. The maximum absolute atomic E-state index is 11.4. The Kier molecular flexibility index (Phi) is 2.80. The minimum atomic E-state index is 0.0306. The molecule has 0 aromatic heterocycles. The summed E-state index contributed by atoms with van der Waals surface area (Å²) in [6.07, 6.45) is 1.65. The molecular weight excluding hydrogens is 160 g/mol. The zero-order valence-corrected chi connectivity index (χ0v) is 7.71. The standard InChI is InChI=1S/C12H12O/c1-4-9(2)11-7-5-6-8-12(13)10(11)3/h4-8H,1-2H2,3H3. The molecular formula is C12H12O. The number of hydrogen-bond donors (Lipinski definition) is 0. The Morgan fingerprint density at radius 2 is 2.00 bits per heavy atom. The van der Waals surface area contributed by atoms with Gasteiger partial charge in [-0.25, -0.2) is 0 Å². The lowest BCUT2D eigenvalue weighted by atomic mass is 10.1. The van der Waals surface area contributed by atoms with Gasteiger partial charge in [0.15, 0.2) is 5.43 Å². The van der Waals surface area contributed by atoms with E-state index >= 15 is 0 Å². The predicted molar refractivity (Wildman–Crippen MR) is 56.7 cm³/mol. The quantitative estimate of drug-likeness (QED) is 0.626. The van der Waals surface area contributed by atoms with E-state index in [-0.39, 0.29) is 5.43 Å². The van der Waals surface area contributed by atoms with Crippen molar-refractivity contribution in [3.05, 3.63) is 64.8 Å². The van der Waals surface area contributed by atoms with E-state index in [9.17, 15) is 4.79 Å². The second kappa shape index (κ2) is 3.85. The molecule has 0 heterocycles. The van der Waals surface area contributed by atoms with Gasteiger partial charge in [0.1, 0.15) is 0 Å². The summed E-state index contributed by atoms with van der Waals surface area (Å²) in [6.45, 7) is 9.24. The molecule has 66 valence electrons. The van der Waals surface area contributed by atoms with Crippen molar-refractivity contribution in [3.8, 4) is 0 Å². The van der Waals surface area contributed by atoms with Gasteiger partial charge in [0.25, 0.3) is 0 Å². The SMILES string of the molecule is C=CC(=C)c1ccccc(=O)c1C. The number of hydrogen-bond acceptors (Lipinski definition) is 1. The number of allylic oxidation sites excluding steroid dienone is 2. The molecule has 0 unspecified atom stereocenters. The zero-order chi connectivity index (χ0) is 9.84. The van der Waals surface area contributed by atoms with Gasteiger partial charge in [-0.3, -0.25) is 4.79 Å². The van der Waals surface area contributed by atoms with Crippen LogP contribution in [0.4, 0.5) is 0 Å². The molecule has 1 heteroatoms. The van der Waals surface area contributed by atoms with Gasteiger partial charge in [-0.2, -0.15) is 0 Å². The monoisotopic (exact) mass is 172 g/mol. The topological polar surface area (TPSA) is 17.1 Å². The second-order valence-electron chi connectivity index (χ2n) is 2.85. The lowest BCUT2D eigenvalue weighted by molar-refractivity contribution is 1.40. The van der Waals surface area contributed by atoms with Crippen molar-refractivity contribution in [2.24, 2.45) is 0 Å². The van der Waals surface area contributed by atoms with E-state index in [1.807, 2.05) is 12.1 Å². The summed E-state index contributed by atoms with van der Waals surface area (Å²) < 4.78 is 0. The Morgan fingerprint density at radius 1 is 1.38 bits per heavy atom. The molecule has 0 fully saturated rings. The third-order valence-corrected chi connectivity index (χ3v) is 1.99. The maximum atomic E-state index is 11.4. The third-order valence-electron chi connectivity index (χ3n) is 1.99. The van der Waals surface area contributed by atoms with Crippen LogP contribution < -0.4 is 5.43 Å². The summed E-state index contributed by atoms with van der Waals surface area (Å²) in [6, 6.07) is 6.99. The van der Waals surface area contributed by atoms with Gasteiger partial charge < -0.3 is 0 Å². The van der Waals surface area contributed by atoms with Crippen molar-refractivity contribution in [2.75, 3.05) is 0 Å². The van der Waals surface area contributed by atoms with Crippen molar-refractivity contribution in [3.63, 3.8) is 0 Å². The third kappa shape index (κ3) is 1.94. The first-order chi connectivity index (χ1) is 6.16. The van der Waals surface area contributed by atoms with E-state index in [1.165, 1.54) is 0 Å². The summed E-state index contributed by atoms with van der Waals surface area (Å²) in [5.74, 6) is 0. The van der Waals surface area contributed by atoms with Crippen LogP contribution in [0.1, 0.15) is 11.1 Å². The van der Waals surface area contributed by atoms with Crippen LogP contribution in [0.3, 0.4) is 0 Å². The summed E-state index contributed by atoms with van der Waals surface area (Å²) >= 11 is 0. The normalized spacial score (nSPS) is 9.31. The average molecular weight is 172 g/mol. The maximum Gasteiger partial charge on any atom is 0.182 e. The molecule has 0 aliphatic carbocycles. The molecule has 1 aromatic carbocycles. The van der Waals surface area contributed by atoms with Crippen LogP contribution in [-0.2, 0) is 0 Å². The summed E-state index contributed by atoms with van der Waals surface area (Å²) in [7, 11) is 0.